The van der Waals surface area contributed by atoms with Crippen LogP contribution in [0, 0.1) is 0 Å². The smallest absolute Gasteiger partial charge is 0.332 e. The van der Waals surface area contributed by atoms with Gasteiger partial charge in [-0.3, -0.25) is 18.5 Å². The number of aromatic nitrogens is 4. The zero-order valence-corrected chi connectivity index (χ0v) is 19.3. The zero-order chi connectivity index (χ0) is 23.5. The van der Waals surface area contributed by atoms with Crippen LogP contribution in [0.15, 0.2) is 57.3 Å². The Morgan fingerprint density at radius 1 is 1.18 bits per heavy atom. The number of nitrogens with one attached hydrogen (secondary N) is 1. The van der Waals surface area contributed by atoms with Gasteiger partial charge in [0, 0.05) is 38.6 Å². The molecule has 0 radical (unpaired) electrons. The largest absolute Gasteiger partial charge is 0.430 e. The molecule has 4 rings (SSSR count). The minimum Gasteiger partial charge on any atom is -0.430 e. The summed E-state index contributed by atoms with van der Waals surface area (Å²) >= 11 is 6.03. The Morgan fingerprint density at radius 3 is 2.67 bits per heavy atom. The number of aliphatic hydroxyl groups excluding tert-OH is 1. The molecule has 1 aliphatic carbocycles. The summed E-state index contributed by atoms with van der Waals surface area (Å²) in [6.45, 7) is 1.52. The topological polar surface area (TPSA) is 103 Å². The van der Waals surface area contributed by atoms with Crippen LogP contribution in [0.2, 0.25) is 5.02 Å². The molecule has 0 amide bonds. The van der Waals surface area contributed by atoms with Gasteiger partial charge in [-0.25, -0.2) is 4.79 Å². The lowest BCUT2D eigenvalue weighted by Gasteiger charge is -2.16. The van der Waals surface area contributed by atoms with E-state index in [0.717, 1.165) is 22.1 Å². The summed E-state index contributed by atoms with van der Waals surface area (Å²) in [6, 6.07) is 7.55. The van der Waals surface area contributed by atoms with Crippen molar-refractivity contribution in [3.63, 3.8) is 0 Å². The van der Waals surface area contributed by atoms with E-state index in [9.17, 15) is 9.59 Å². The Morgan fingerprint density at radius 2 is 1.94 bits per heavy atom. The average Bonchev–Trinajstić information content (AvgIpc) is 3.16. The third kappa shape index (κ3) is 4.80. The van der Waals surface area contributed by atoms with Gasteiger partial charge in [0.25, 0.3) is 5.56 Å². The van der Waals surface area contributed by atoms with Crippen LogP contribution in [-0.4, -0.2) is 43.5 Å². The van der Waals surface area contributed by atoms with Crippen LogP contribution in [0.4, 0.5) is 0 Å². The SMILES string of the molecule is Cn1c(=O)c2c(nc(OC3=CC(CNCCO)=CCC3)n2Cc2ccc(Cl)cc2)n(C)c1=O. The molecule has 2 heterocycles. The lowest BCUT2D eigenvalue weighted by molar-refractivity contribution is 0.294. The first kappa shape index (κ1) is 23.0. The fourth-order valence-corrected chi connectivity index (χ4v) is 3.92. The number of nitrogens with zero attached hydrogens (tertiary/aromatic N) is 4. The van der Waals surface area contributed by atoms with Gasteiger partial charge in [0.15, 0.2) is 11.2 Å². The molecule has 2 N–H and O–H groups in total. The highest BCUT2D eigenvalue weighted by Crippen LogP contribution is 2.25. The molecule has 1 aliphatic rings. The van der Waals surface area contributed by atoms with Gasteiger partial charge in [0.2, 0.25) is 0 Å². The number of ether oxygens (including phenoxy) is 1. The molecule has 0 aliphatic heterocycles. The van der Waals surface area contributed by atoms with Gasteiger partial charge in [0.1, 0.15) is 5.76 Å². The number of benzene rings is 1. The predicted octanol–water partition coefficient (Wildman–Crippen LogP) is 1.70. The summed E-state index contributed by atoms with van der Waals surface area (Å²) in [5, 5.41) is 12.7. The van der Waals surface area contributed by atoms with Crippen molar-refractivity contribution in [3.05, 3.63) is 79.2 Å². The Balaban J connectivity index is 1.77. The molecule has 0 atom stereocenters. The summed E-state index contributed by atoms with van der Waals surface area (Å²) in [6.07, 6.45) is 5.55. The number of fused-ring (bicyclic) bond motifs is 1. The van der Waals surface area contributed by atoms with Crippen LogP contribution in [0.1, 0.15) is 18.4 Å². The maximum Gasteiger partial charge on any atom is 0.332 e. The number of rotatable bonds is 8. The second-order valence-electron chi connectivity index (χ2n) is 7.92. The van der Waals surface area contributed by atoms with Gasteiger partial charge in [-0.15, -0.1) is 0 Å². The summed E-state index contributed by atoms with van der Waals surface area (Å²) in [5.74, 6) is 0.716. The fourth-order valence-electron chi connectivity index (χ4n) is 3.79. The lowest BCUT2D eigenvalue weighted by atomic mass is 10.1. The molecule has 174 valence electrons. The van der Waals surface area contributed by atoms with Gasteiger partial charge in [-0.1, -0.05) is 29.8 Å². The molecule has 3 aromatic rings. The van der Waals surface area contributed by atoms with E-state index in [-0.39, 0.29) is 18.3 Å². The van der Waals surface area contributed by atoms with Gasteiger partial charge in [0.05, 0.1) is 13.2 Å². The van der Waals surface area contributed by atoms with Gasteiger partial charge >= 0.3 is 11.7 Å². The maximum atomic E-state index is 13.0. The molecule has 0 saturated heterocycles. The van der Waals surface area contributed by atoms with Crippen molar-refractivity contribution in [1.29, 1.82) is 0 Å². The normalized spacial score (nSPS) is 13.8. The number of imidazole rings is 1. The van der Waals surface area contributed by atoms with Crippen molar-refractivity contribution in [1.82, 2.24) is 24.0 Å². The Labute approximate surface area is 195 Å². The summed E-state index contributed by atoms with van der Waals surface area (Å²) in [7, 11) is 3.03. The van der Waals surface area contributed by atoms with Crippen LogP contribution < -0.4 is 21.3 Å². The van der Waals surface area contributed by atoms with Gasteiger partial charge in [-0.05, 0) is 35.8 Å². The number of halogens is 1. The highest BCUT2D eigenvalue weighted by atomic mass is 35.5. The third-order valence-corrected chi connectivity index (χ3v) is 5.80. The van der Waals surface area contributed by atoms with E-state index in [4.69, 9.17) is 21.4 Å². The molecule has 10 heteroatoms. The lowest BCUT2D eigenvalue weighted by Crippen LogP contribution is -2.37. The number of hydrogen-bond acceptors (Lipinski definition) is 6. The van der Waals surface area contributed by atoms with E-state index in [1.54, 1.807) is 23.7 Å². The second kappa shape index (κ2) is 9.78. The van der Waals surface area contributed by atoms with Crippen LogP contribution in [0.5, 0.6) is 6.01 Å². The van der Waals surface area contributed by atoms with Crippen LogP contribution >= 0.6 is 11.6 Å². The van der Waals surface area contributed by atoms with E-state index >= 15 is 0 Å². The fraction of sp³-hybridized carbons (Fsp3) is 0.348. The molecule has 0 saturated carbocycles. The van der Waals surface area contributed by atoms with Gasteiger partial charge < -0.3 is 15.2 Å². The summed E-state index contributed by atoms with van der Waals surface area (Å²) in [5.41, 5.74) is 1.63. The summed E-state index contributed by atoms with van der Waals surface area (Å²) < 4.78 is 10.3. The van der Waals surface area contributed by atoms with E-state index in [0.29, 0.717) is 42.4 Å². The molecule has 0 unspecified atom stereocenters. The Bertz CT molecular complexity index is 1350. The number of hydrogen-bond donors (Lipinski definition) is 2. The van der Waals surface area contributed by atoms with Gasteiger partial charge in [-0.2, -0.15) is 4.98 Å². The van der Waals surface area contributed by atoms with E-state index < -0.39 is 11.2 Å². The first-order valence-corrected chi connectivity index (χ1v) is 11.1. The van der Waals surface area contributed by atoms with Crippen molar-refractivity contribution >= 4 is 22.8 Å². The molecular formula is C23H26ClN5O4. The Kier molecular flexibility index (Phi) is 6.83. The molecule has 0 spiro atoms. The van der Waals surface area contributed by atoms with Crippen molar-refractivity contribution in [2.75, 3.05) is 19.7 Å². The third-order valence-electron chi connectivity index (χ3n) is 5.55. The number of aliphatic hydroxyl groups is 1. The summed E-state index contributed by atoms with van der Waals surface area (Å²) in [4.78, 5) is 30.0. The van der Waals surface area contributed by atoms with E-state index in [1.165, 1.54) is 11.6 Å². The van der Waals surface area contributed by atoms with Crippen molar-refractivity contribution in [2.24, 2.45) is 14.1 Å². The van der Waals surface area contributed by atoms with Crippen molar-refractivity contribution < 1.29 is 9.84 Å². The minimum atomic E-state index is -0.452. The standard InChI is InChI=1S/C23H26ClN5O4/c1-27-20-19(21(31)28(2)23(27)32)29(14-15-6-8-17(24)9-7-15)22(26-20)33-18-5-3-4-16(12-18)13-25-10-11-30/h4,6-9,12,25,30H,3,5,10-11,13-14H2,1-2H3. The van der Waals surface area contributed by atoms with Crippen LogP contribution in [0.25, 0.3) is 11.2 Å². The number of aryl methyl sites for hydroxylation is 1. The number of allylic oxidation sites excluding steroid dienone is 2. The van der Waals surface area contributed by atoms with Crippen LogP contribution in [0.3, 0.4) is 0 Å². The molecule has 9 nitrogen and oxygen atoms in total. The molecular weight excluding hydrogens is 446 g/mol. The molecule has 33 heavy (non-hydrogen) atoms. The predicted molar refractivity (Wildman–Crippen MR) is 127 cm³/mol. The molecule has 1 aromatic carbocycles. The minimum absolute atomic E-state index is 0.0722. The van der Waals surface area contributed by atoms with E-state index in [1.807, 2.05) is 18.2 Å². The first-order valence-electron chi connectivity index (χ1n) is 10.7. The highest BCUT2D eigenvalue weighted by Gasteiger charge is 2.22. The zero-order valence-electron chi connectivity index (χ0n) is 18.5. The Hall–Kier alpha value is -3.14. The van der Waals surface area contributed by atoms with Crippen molar-refractivity contribution in [3.8, 4) is 6.01 Å². The quantitative estimate of drug-likeness (QED) is 0.485. The highest BCUT2D eigenvalue weighted by molar-refractivity contribution is 6.30. The molecule has 2 aromatic heterocycles. The van der Waals surface area contributed by atoms with Crippen molar-refractivity contribution in [2.45, 2.75) is 19.4 Å². The average molecular weight is 472 g/mol. The monoisotopic (exact) mass is 471 g/mol. The molecule has 0 bridgehead atoms. The van der Waals surface area contributed by atoms with E-state index in [2.05, 4.69) is 16.4 Å². The first-order chi connectivity index (χ1) is 15.9. The molecule has 0 fully saturated rings. The maximum absolute atomic E-state index is 13.0. The second-order valence-corrected chi connectivity index (χ2v) is 8.35. The van der Waals surface area contributed by atoms with Crippen LogP contribution in [-0.2, 0) is 20.6 Å².